The van der Waals surface area contributed by atoms with Crippen molar-refractivity contribution in [3.63, 3.8) is 0 Å². The van der Waals surface area contributed by atoms with Gasteiger partial charge < -0.3 is 15.2 Å². The predicted octanol–water partition coefficient (Wildman–Crippen LogP) is 1.72. The van der Waals surface area contributed by atoms with Gasteiger partial charge in [0.1, 0.15) is 6.10 Å². The fraction of sp³-hybridized carbons (Fsp3) is 0.917. The molecular formula is C12H25NO3. The number of ether oxygens (including phenoxy) is 2. The summed E-state index contributed by atoms with van der Waals surface area (Å²) < 4.78 is 10.1. The molecule has 2 atom stereocenters. The van der Waals surface area contributed by atoms with Gasteiger partial charge in [0.15, 0.2) is 0 Å². The molecule has 0 aliphatic rings. The first kappa shape index (κ1) is 15.4. The van der Waals surface area contributed by atoms with Crippen LogP contribution in [0.1, 0.15) is 39.5 Å². The van der Waals surface area contributed by atoms with Crippen molar-refractivity contribution in [2.75, 3.05) is 20.3 Å². The van der Waals surface area contributed by atoms with Crippen LogP contribution in [0.15, 0.2) is 0 Å². The molecule has 0 aliphatic heterocycles. The molecule has 0 amide bonds. The highest BCUT2D eigenvalue weighted by Gasteiger charge is 2.12. The lowest BCUT2D eigenvalue weighted by Gasteiger charge is -2.15. The first-order chi connectivity index (χ1) is 7.63. The topological polar surface area (TPSA) is 61.6 Å². The summed E-state index contributed by atoms with van der Waals surface area (Å²) in [5, 5.41) is 0. The Morgan fingerprint density at radius 3 is 2.56 bits per heavy atom. The molecule has 0 bridgehead atoms. The molecule has 2 unspecified atom stereocenters. The minimum Gasteiger partial charge on any atom is -0.460 e. The van der Waals surface area contributed by atoms with Crippen LogP contribution < -0.4 is 5.73 Å². The van der Waals surface area contributed by atoms with Crippen LogP contribution in [0.25, 0.3) is 0 Å². The molecule has 2 N–H and O–H groups in total. The van der Waals surface area contributed by atoms with E-state index in [1.54, 1.807) is 7.11 Å². The van der Waals surface area contributed by atoms with E-state index in [0.717, 1.165) is 19.3 Å². The summed E-state index contributed by atoms with van der Waals surface area (Å²) >= 11 is 0. The number of esters is 1. The maximum Gasteiger partial charge on any atom is 0.306 e. The van der Waals surface area contributed by atoms with Gasteiger partial charge in [-0.2, -0.15) is 0 Å². The lowest BCUT2D eigenvalue weighted by Crippen LogP contribution is -2.20. The van der Waals surface area contributed by atoms with E-state index in [2.05, 4.69) is 6.92 Å². The van der Waals surface area contributed by atoms with E-state index < -0.39 is 0 Å². The van der Waals surface area contributed by atoms with E-state index in [1.807, 2.05) is 6.92 Å². The Bertz CT molecular complexity index is 185. The summed E-state index contributed by atoms with van der Waals surface area (Å²) in [5.41, 5.74) is 5.50. The first-order valence-electron chi connectivity index (χ1n) is 6.02. The van der Waals surface area contributed by atoms with Crippen molar-refractivity contribution < 1.29 is 14.3 Å². The number of hydrogen-bond donors (Lipinski definition) is 1. The Balaban J connectivity index is 3.70. The number of carbonyl (C=O) groups excluding carboxylic acids is 1. The molecule has 96 valence electrons. The van der Waals surface area contributed by atoms with Crippen molar-refractivity contribution in [2.45, 2.75) is 45.6 Å². The molecule has 0 saturated carbocycles. The molecule has 4 heteroatoms. The Hall–Kier alpha value is -0.610. The minimum absolute atomic E-state index is 0.139. The van der Waals surface area contributed by atoms with Crippen LogP contribution in [0.5, 0.6) is 0 Å². The van der Waals surface area contributed by atoms with Gasteiger partial charge in [-0.1, -0.05) is 13.3 Å². The number of methoxy groups -OCH3 is 1. The highest BCUT2D eigenvalue weighted by molar-refractivity contribution is 5.69. The van der Waals surface area contributed by atoms with E-state index in [1.165, 1.54) is 0 Å². The van der Waals surface area contributed by atoms with Gasteiger partial charge in [-0.15, -0.1) is 0 Å². The average molecular weight is 231 g/mol. The van der Waals surface area contributed by atoms with E-state index in [-0.39, 0.29) is 12.1 Å². The minimum atomic E-state index is -0.160. The SMILES string of the molecule is CCC(CCN)CCC(=O)OC(C)COC. The van der Waals surface area contributed by atoms with Gasteiger partial charge in [-0.25, -0.2) is 0 Å². The average Bonchev–Trinajstić information content (AvgIpc) is 2.24. The van der Waals surface area contributed by atoms with Crippen molar-refractivity contribution in [3.05, 3.63) is 0 Å². The highest BCUT2D eigenvalue weighted by Crippen LogP contribution is 2.15. The van der Waals surface area contributed by atoms with Gasteiger partial charge in [0.2, 0.25) is 0 Å². The molecule has 0 aromatic carbocycles. The number of carbonyl (C=O) groups is 1. The fourth-order valence-corrected chi connectivity index (χ4v) is 1.66. The lowest BCUT2D eigenvalue weighted by molar-refractivity contribution is -0.150. The van der Waals surface area contributed by atoms with Crippen LogP contribution in [-0.4, -0.2) is 32.3 Å². The second-order valence-electron chi connectivity index (χ2n) is 4.15. The standard InChI is InChI=1S/C12H25NO3/c1-4-11(7-8-13)5-6-12(14)16-10(2)9-15-3/h10-11H,4-9,13H2,1-3H3. The Labute approximate surface area is 98.5 Å². The molecule has 16 heavy (non-hydrogen) atoms. The smallest absolute Gasteiger partial charge is 0.306 e. The molecule has 4 nitrogen and oxygen atoms in total. The highest BCUT2D eigenvalue weighted by atomic mass is 16.6. The number of rotatable bonds is 9. The molecule has 0 saturated heterocycles. The zero-order valence-corrected chi connectivity index (χ0v) is 10.7. The predicted molar refractivity (Wildman–Crippen MR) is 64.1 cm³/mol. The normalized spacial score (nSPS) is 14.5. The summed E-state index contributed by atoms with van der Waals surface area (Å²) in [6, 6.07) is 0. The zero-order chi connectivity index (χ0) is 12.4. The second-order valence-corrected chi connectivity index (χ2v) is 4.15. The number of nitrogens with two attached hydrogens (primary N) is 1. The van der Waals surface area contributed by atoms with E-state index in [9.17, 15) is 4.79 Å². The summed E-state index contributed by atoms with van der Waals surface area (Å²) in [7, 11) is 1.60. The van der Waals surface area contributed by atoms with Gasteiger partial charge >= 0.3 is 5.97 Å². The van der Waals surface area contributed by atoms with Gasteiger partial charge in [0, 0.05) is 13.5 Å². The van der Waals surface area contributed by atoms with Crippen LogP contribution in [0.2, 0.25) is 0 Å². The molecule has 0 fully saturated rings. The summed E-state index contributed by atoms with van der Waals surface area (Å²) in [5.74, 6) is 0.398. The Morgan fingerprint density at radius 2 is 2.06 bits per heavy atom. The van der Waals surface area contributed by atoms with Crippen LogP contribution in [-0.2, 0) is 14.3 Å². The first-order valence-corrected chi connectivity index (χ1v) is 6.02. The summed E-state index contributed by atoms with van der Waals surface area (Å²) in [6.45, 7) is 5.09. The van der Waals surface area contributed by atoms with Gasteiger partial charge in [0.05, 0.1) is 6.61 Å². The second kappa shape index (κ2) is 9.60. The molecule has 0 aromatic heterocycles. The van der Waals surface area contributed by atoms with Crippen LogP contribution in [0.4, 0.5) is 0 Å². The third-order valence-corrected chi connectivity index (χ3v) is 2.64. The molecule has 0 heterocycles. The maximum absolute atomic E-state index is 11.4. The van der Waals surface area contributed by atoms with Crippen LogP contribution in [0, 0.1) is 5.92 Å². The monoisotopic (exact) mass is 231 g/mol. The molecular weight excluding hydrogens is 206 g/mol. The van der Waals surface area contributed by atoms with Crippen molar-refractivity contribution in [1.82, 2.24) is 0 Å². The van der Waals surface area contributed by atoms with Crippen molar-refractivity contribution in [3.8, 4) is 0 Å². The Morgan fingerprint density at radius 1 is 1.38 bits per heavy atom. The lowest BCUT2D eigenvalue weighted by atomic mass is 9.97. The van der Waals surface area contributed by atoms with E-state index in [4.69, 9.17) is 15.2 Å². The molecule has 0 radical (unpaired) electrons. The maximum atomic E-state index is 11.4. The van der Waals surface area contributed by atoms with Crippen LogP contribution in [0.3, 0.4) is 0 Å². The quantitative estimate of drug-likeness (QED) is 0.614. The summed E-state index contributed by atoms with van der Waals surface area (Å²) in [6.07, 6.45) is 3.24. The van der Waals surface area contributed by atoms with Crippen molar-refractivity contribution in [2.24, 2.45) is 11.7 Å². The fourth-order valence-electron chi connectivity index (χ4n) is 1.66. The zero-order valence-electron chi connectivity index (χ0n) is 10.7. The third kappa shape index (κ3) is 7.65. The number of hydrogen-bond acceptors (Lipinski definition) is 4. The molecule has 0 spiro atoms. The molecule has 0 aromatic rings. The van der Waals surface area contributed by atoms with Crippen molar-refractivity contribution >= 4 is 5.97 Å². The largest absolute Gasteiger partial charge is 0.460 e. The molecule has 0 aliphatic carbocycles. The third-order valence-electron chi connectivity index (χ3n) is 2.64. The van der Waals surface area contributed by atoms with Crippen LogP contribution >= 0.6 is 0 Å². The Kier molecular flexibility index (Phi) is 9.24. The van der Waals surface area contributed by atoms with E-state index >= 15 is 0 Å². The van der Waals surface area contributed by atoms with Gasteiger partial charge in [0.25, 0.3) is 0 Å². The summed E-state index contributed by atoms with van der Waals surface area (Å²) in [4.78, 5) is 11.4. The van der Waals surface area contributed by atoms with E-state index in [0.29, 0.717) is 25.5 Å². The van der Waals surface area contributed by atoms with Gasteiger partial charge in [-0.05, 0) is 32.2 Å². The van der Waals surface area contributed by atoms with Gasteiger partial charge in [-0.3, -0.25) is 4.79 Å². The van der Waals surface area contributed by atoms with Crippen molar-refractivity contribution in [1.29, 1.82) is 0 Å². The molecule has 0 rings (SSSR count).